The molecule has 0 aromatic heterocycles. The highest BCUT2D eigenvalue weighted by Gasteiger charge is 2.31. The third-order valence-corrected chi connectivity index (χ3v) is 3.58. The molecule has 0 saturated heterocycles. The van der Waals surface area contributed by atoms with Crippen LogP contribution in [0.2, 0.25) is 0 Å². The summed E-state index contributed by atoms with van der Waals surface area (Å²) in [6, 6.07) is -3.84. The molecule has 0 radical (unpaired) electrons. The first-order valence-electron chi connectivity index (χ1n) is 8.67. The molecule has 0 saturated carbocycles. The zero-order valence-electron chi connectivity index (χ0n) is 16.1. The van der Waals surface area contributed by atoms with Crippen LogP contribution in [0.25, 0.3) is 0 Å². The maximum absolute atomic E-state index is 12.4. The van der Waals surface area contributed by atoms with Crippen LogP contribution in [0.1, 0.15) is 33.6 Å². The summed E-state index contributed by atoms with van der Waals surface area (Å²) in [7, 11) is 0. The van der Waals surface area contributed by atoms with E-state index in [4.69, 9.17) is 16.6 Å². The summed E-state index contributed by atoms with van der Waals surface area (Å²) in [4.78, 5) is 58.2. The molecule has 0 aliphatic rings. The Labute approximate surface area is 162 Å². The van der Waals surface area contributed by atoms with Crippen LogP contribution >= 0.6 is 0 Å². The van der Waals surface area contributed by atoms with Gasteiger partial charge in [0.25, 0.3) is 0 Å². The van der Waals surface area contributed by atoms with Gasteiger partial charge in [-0.05, 0) is 19.3 Å². The molecule has 12 heteroatoms. The molecule has 0 aliphatic heterocycles. The number of aliphatic hydroxyl groups is 1. The van der Waals surface area contributed by atoms with Crippen LogP contribution < -0.4 is 27.4 Å². The quantitative estimate of drug-likeness (QED) is 0.175. The molecule has 4 unspecified atom stereocenters. The van der Waals surface area contributed by atoms with Crippen LogP contribution in [0.15, 0.2) is 0 Å². The number of nitrogens with two attached hydrogens (primary N) is 2. The molecule has 28 heavy (non-hydrogen) atoms. The predicted octanol–water partition coefficient (Wildman–Crippen LogP) is -3.21. The van der Waals surface area contributed by atoms with Gasteiger partial charge in [-0.25, -0.2) is 0 Å². The summed E-state index contributed by atoms with van der Waals surface area (Å²) in [5, 5.41) is 24.9. The predicted molar refractivity (Wildman–Crippen MR) is 97.4 cm³/mol. The second-order valence-electron chi connectivity index (χ2n) is 6.81. The molecule has 160 valence electrons. The van der Waals surface area contributed by atoms with E-state index in [0.717, 1.165) is 0 Å². The van der Waals surface area contributed by atoms with Gasteiger partial charge in [-0.1, -0.05) is 13.8 Å². The van der Waals surface area contributed by atoms with Crippen molar-refractivity contribution in [3.05, 3.63) is 0 Å². The Morgan fingerprint density at radius 3 is 1.96 bits per heavy atom. The molecule has 0 fully saturated rings. The van der Waals surface area contributed by atoms with Gasteiger partial charge in [0.2, 0.25) is 23.6 Å². The lowest BCUT2D eigenvalue weighted by molar-refractivity contribution is -0.139. The molecule has 0 aromatic carbocycles. The highest BCUT2D eigenvalue weighted by atomic mass is 16.4. The molecule has 0 aliphatic carbocycles. The molecule has 4 atom stereocenters. The summed E-state index contributed by atoms with van der Waals surface area (Å²) >= 11 is 0. The monoisotopic (exact) mass is 403 g/mol. The molecule has 0 bridgehead atoms. The average Bonchev–Trinajstić information content (AvgIpc) is 2.54. The fraction of sp³-hybridized carbons (Fsp3) is 0.688. The fourth-order valence-electron chi connectivity index (χ4n) is 2.24. The zero-order chi connectivity index (χ0) is 22.0. The van der Waals surface area contributed by atoms with Gasteiger partial charge < -0.3 is 37.6 Å². The van der Waals surface area contributed by atoms with E-state index in [2.05, 4.69) is 10.6 Å². The van der Waals surface area contributed by atoms with Gasteiger partial charge in [0.15, 0.2) is 0 Å². The SMILES string of the molecule is CC(C)CC(N)C(=O)NC(C(=O)NC(CC(N)=O)C(=O)NCC(=O)O)C(C)O. The van der Waals surface area contributed by atoms with Crippen LogP contribution in [0.3, 0.4) is 0 Å². The van der Waals surface area contributed by atoms with Crippen LogP contribution in [0, 0.1) is 5.92 Å². The van der Waals surface area contributed by atoms with Gasteiger partial charge in [-0.2, -0.15) is 0 Å². The first-order chi connectivity index (χ1) is 12.8. The van der Waals surface area contributed by atoms with Crippen LogP contribution in [0.4, 0.5) is 0 Å². The van der Waals surface area contributed by atoms with Gasteiger partial charge >= 0.3 is 5.97 Å². The third kappa shape index (κ3) is 9.83. The van der Waals surface area contributed by atoms with Crippen molar-refractivity contribution >= 4 is 29.6 Å². The van der Waals surface area contributed by atoms with Crippen molar-refractivity contribution < 1.29 is 34.2 Å². The van der Waals surface area contributed by atoms with E-state index < -0.39 is 66.8 Å². The van der Waals surface area contributed by atoms with E-state index in [1.807, 2.05) is 19.2 Å². The molecule has 0 spiro atoms. The molecule has 9 N–H and O–H groups in total. The summed E-state index contributed by atoms with van der Waals surface area (Å²) in [5.74, 6) is -4.72. The average molecular weight is 403 g/mol. The van der Waals surface area contributed by atoms with Gasteiger partial charge in [-0.15, -0.1) is 0 Å². The lowest BCUT2D eigenvalue weighted by Crippen LogP contribution is -2.59. The second kappa shape index (κ2) is 11.9. The number of hydrogen-bond acceptors (Lipinski definition) is 7. The Bertz CT molecular complexity index is 594. The fourth-order valence-corrected chi connectivity index (χ4v) is 2.24. The van der Waals surface area contributed by atoms with Gasteiger partial charge in [0, 0.05) is 0 Å². The summed E-state index contributed by atoms with van der Waals surface area (Å²) < 4.78 is 0. The van der Waals surface area contributed by atoms with Crippen molar-refractivity contribution in [2.75, 3.05) is 6.54 Å². The van der Waals surface area contributed by atoms with Crippen LogP contribution in [-0.2, 0) is 24.0 Å². The molecule has 4 amide bonds. The number of carbonyl (C=O) groups is 5. The van der Waals surface area contributed by atoms with Crippen LogP contribution in [0.5, 0.6) is 0 Å². The number of hydrogen-bond donors (Lipinski definition) is 7. The minimum absolute atomic E-state index is 0.123. The Hall–Kier alpha value is -2.73. The zero-order valence-corrected chi connectivity index (χ0v) is 16.1. The van der Waals surface area contributed by atoms with E-state index in [0.29, 0.717) is 6.42 Å². The second-order valence-corrected chi connectivity index (χ2v) is 6.81. The van der Waals surface area contributed by atoms with Gasteiger partial charge in [0.05, 0.1) is 18.6 Å². The lowest BCUT2D eigenvalue weighted by Gasteiger charge is -2.25. The van der Waals surface area contributed by atoms with Crippen LogP contribution in [-0.4, -0.2) is 70.6 Å². The highest BCUT2D eigenvalue weighted by Crippen LogP contribution is 2.04. The molecule has 0 heterocycles. The minimum Gasteiger partial charge on any atom is -0.480 e. The van der Waals surface area contributed by atoms with E-state index >= 15 is 0 Å². The Morgan fingerprint density at radius 1 is 0.964 bits per heavy atom. The Kier molecular flexibility index (Phi) is 10.7. The number of amides is 4. The van der Waals surface area contributed by atoms with E-state index in [-0.39, 0.29) is 5.92 Å². The summed E-state index contributed by atoms with van der Waals surface area (Å²) in [5.41, 5.74) is 10.8. The maximum Gasteiger partial charge on any atom is 0.322 e. The summed E-state index contributed by atoms with van der Waals surface area (Å²) in [6.07, 6.45) is -1.60. The topological polar surface area (TPSA) is 214 Å². The Morgan fingerprint density at radius 2 is 1.54 bits per heavy atom. The first kappa shape index (κ1) is 25.3. The number of rotatable bonds is 12. The number of carboxylic acids is 1. The van der Waals surface area contributed by atoms with Gasteiger partial charge in [0.1, 0.15) is 18.6 Å². The van der Waals surface area contributed by atoms with Crippen molar-refractivity contribution in [3.8, 4) is 0 Å². The molecular formula is C16H29N5O7. The number of carboxylic acid groups (broad SMARTS) is 1. The number of nitrogens with one attached hydrogen (secondary N) is 3. The number of primary amides is 1. The van der Waals surface area contributed by atoms with E-state index in [1.165, 1.54) is 6.92 Å². The molecule has 12 nitrogen and oxygen atoms in total. The maximum atomic E-state index is 12.4. The smallest absolute Gasteiger partial charge is 0.322 e. The van der Waals surface area contributed by atoms with Crippen molar-refractivity contribution in [2.24, 2.45) is 17.4 Å². The standard InChI is InChI=1S/C16H29N5O7/c1-7(2)4-9(17)14(26)21-13(8(3)22)16(28)20-10(5-11(18)23)15(27)19-6-12(24)25/h7-10,13,22H,4-6,17H2,1-3H3,(H2,18,23)(H,19,27)(H,20,28)(H,21,26)(H,24,25). The first-order valence-corrected chi connectivity index (χ1v) is 8.67. The van der Waals surface area contributed by atoms with Gasteiger partial charge in [-0.3, -0.25) is 24.0 Å². The minimum atomic E-state index is -1.48. The van der Waals surface area contributed by atoms with E-state index in [1.54, 1.807) is 0 Å². The van der Waals surface area contributed by atoms with Crippen molar-refractivity contribution in [1.82, 2.24) is 16.0 Å². The number of aliphatic carboxylic acids is 1. The normalized spacial score (nSPS) is 15.1. The van der Waals surface area contributed by atoms with Crippen molar-refractivity contribution in [2.45, 2.75) is 57.8 Å². The molecule has 0 aromatic rings. The number of aliphatic hydroxyl groups excluding tert-OH is 1. The largest absolute Gasteiger partial charge is 0.480 e. The third-order valence-electron chi connectivity index (χ3n) is 3.58. The highest BCUT2D eigenvalue weighted by molar-refractivity contribution is 5.95. The van der Waals surface area contributed by atoms with E-state index in [9.17, 15) is 29.1 Å². The van der Waals surface area contributed by atoms with Crippen molar-refractivity contribution in [3.63, 3.8) is 0 Å². The molecule has 0 rings (SSSR count). The summed E-state index contributed by atoms with van der Waals surface area (Å²) in [6.45, 7) is 4.23. The number of carbonyl (C=O) groups excluding carboxylic acids is 4. The Balaban J connectivity index is 5.18. The lowest BCUT2D eigenvalue weighted by atomic mass is 10.0. The van der Waals surface area contributed by atoms with Crippen molar-refractivity contribution in [1.29, 1.82) is 0 Å². The molecular weight excluding hydrogens is 374 g/mol.